The number of hydrogen-bond donors (Lipinski definition) is 2. The van der Waals surface area contributed by atoms with Crippen molar-refractivity contribution in [2.75, 3.05) is 23.8 Å². The van der Waals surface area contributed by atoms with Crippen LogP contribution in [-0.2, 0) is 14.8 Å². The Morgan fingerprint density at radius 2 is 1.63 bits per heavy atom. The molecule has 1 amide bonds. The first-order valence-electron chi connectivity index (χ1n) is 9.12. The Hall–Kier alpha value is -3.52. The number of carbonyl (C=O) groups excluding carboxylic acids is 1. The van der Waals surface area contributed by atoms with Crippen LogP contribution in [0, 0.1) is 6.92 Å². The average Bonchev–Trinajstić information content (AvgIpc) is 2.73. The number of nitrogens with one attached hydrogen (secondary N) is 2. The highest BCUT2D eigenvalue weighted by molar-refractivity contribution is 7.92. The highest BCUT2D eigenvalue weighted by atomic mass is 32.2. The quantitative estimate of drug-likeness (QED) is 0.571. The predicted molar refractivity (Wildman–Crippen MR) is 116 cm³/mol. The fourth-order valence-electron chi connectivity index (χ4n) is 2.67. The van der Waals surface area contributed by atoms with Gasteiger partial charge in [-0.15, -0.1) is 0 Å². The minimum Gasteiger partial charge on any atom is -0.497 e. The van der Waals surface area contributed by atoms with Gasteiger partial charge in [-0.3, -0.25) is 9.52 Å². The third-order valence-electron chi connectivity index (χ3n) is 4.13. The standard InChI is InChI=1S/C22H22N2O5S/c1-16-5-3-7-20(13-16)29-15-22(25)23-18-6-4-8-21(14-18)30(26,27)24-17-9-11-19(28-2)12-10-17/h3-14,24H,15H2,1-2H3,(H,23,25). The van der Waals surface area contributed by atoms with Crippen molar-refractivity contribution in [1.82, 2.24) is 0 Å². The second kappa shape index (κ2) is 9.32. The van der Waals surface area contributed by atoms with E-state index in [-0.39, 0.29) is 11.5 Å². The van der Waals surface area contributed by atoms with Crippen LogP contribution in [0.25, 0.3) is 0 Å². The molecule has 30 heavy (non-hydrogen) atoms. The van der Waals surface area contributed by atoms with E-state index in [1.807, 2.05) is 25.1 Å². The molecular formula is C22H22N2O5S. The molecule has 0 radical (unpaired) electrons. The topological polar surface area (TPSA) is 93.7 Å². The molecule has 3 rings (SSSR count). The normalized spacial score (nSPS) is 10.9. The van der Waals surface area contributed by atoms with E-state index in [4.69, 9.17) is 9.47 Å². The molecule has 0 fully saturated rings. The van der Waals surface area contributed by atoms with E-state index in [0.717, 1.165) is 5.56 Å². The van der Waals surface area contributed by atoms with Crippen molar-refractivity contribution in [3.8, 4) is 11.5 Å². The number of rotatable bonds is 8. The molecular weight excluding hydrogens is 404 g/mol. The number of carbonyl (C=O) groups is 1. The number of sulfonamides is 1. The van der Waals surface area contributed by atoms with Gasteiger partial charge in [0.2, 0.25) is 0 Å². The summed E-state index contributed by atoms with van der Waals surface area (Å²) in [7, 11) is -2.29. The lowest BCUT2D eigenvalue weighted by Gasteiger charge is -2.11. The van der Waals surface area contributed by atoms with Gasteiger partial charge in [-0.25, -0.2) is 8.42 Å². The van der Waals surface area contributed by atoms with Gasteiger partial charge in [0.1, 0.15) is 11.5 Å². The third-order valence-corrected chi connectivity index (χ3v) is 5.51. The number of ether oxygens (including phenoxy) is 2. The summed E-state index contributed by atoms with van der Waals surface area (Å²) in [4.78, 5) is 12.2. The second-order valence-electron chi connectivity index (χ2n) is 6.52. The number of hydrogen-bond acceptors (Lipinski definition) is 5. The Kier molecular flexibility index (Phi) is 6.58. The van der Waals surface area contributed by atoms with E-state index in [9.17, 15) is 13.2 Å². The zero-order chi connectivity index (χ0) is 21.6. The molecule has 3 aromatic rings. The number of anilines is 2. The van der Waals surface area contributed by atoms with E-state index in [0.29, 0.717) is 22.9 Å². The molecule has 0 bridgehead atoms. The van der Waals surface area contributed by atoms with Crippen molar-refractivity contribution in [2.45, 2.75) is 11.8 Å². The van der Waals surface area contributed by atoms with Crippen LogP contribution >= 0.6 is 0 Å². The van der Waals surface area contributed by atoms with Crippen LogP contribution < -0.4 is 19.5 Å². The van der Waals surface area contributed by atoms with Gasteiger partial charge in [-0.05, 0) is 67.1 Å². The zero-order valence-corrected chi connectivity index (χ0v) is 17.4. The highest BCUT2D eigenvalue weighted by Crippen LogP contribution is 2.21. The Morgan fingerprint density at radius 3 is 2.33 bits per heavy atom. The van der Waals surface area contributed by atoms with Gasteiger partial charge in [-0.2, -0.15) is 0 Å². The van der Waals surface area contributed by atoms with Gasteiger partial charge in [0.25, 0.3) is 15.9 Å². The van der Waals surface area contributed by atoms with Gasteiger partial charge in [0.15, 0.2) is 6.61 Å². The lowest BCUT2D eigenvalue weighted by molar-refractivity contribution is -0.118. The largest absolute Gasteiger partial charge is 0.497 e. The molecule has 7 nitrogen and oxygen atoms in total. The number of benzene rings is 3. The maximum absolute atomic E-state index is 12.7. The summed E-state index contributed by atoms with van der Waals surface area (Å²) in [5.74, 6) is 0.815. The fraction of sp³-hybridized carbons (Fsp3) is 0.136. The van der Waals surface area contributed by atoms with E-state index in [1.54, 1.807) is 42.5 Å². The molecule has 0 aliphatic carbocycles. The SMILES string of the molecule is COc1ccc(NS(=O)(=O)c2cccc(NC(=O)COc3cccc(C)c3)c2)cc1. The summed E-state index contributed by atoms with van der Waals surface area (Å²) in [6, 6.07) is 19.9. The molecule has 8 heteroatoms. The molecule has 156 valence electrons. The Balaban J connectivity index is 1.64. The Morgan fingerprint density at radius 1 is 0.900 bits per heavy atom. The summed E-state index contributed by atoms with van der Waals surface area (Å²) in [5.41, 5.74) is 1.78. The van der Waals surface area contributed by atoms with Crippen molar-refractivity contribution < 1.29 is 22.7 Å². The molecule has 0 saturated heterocycles. The van der Waals surface area contributed by atoms with Crippen molar-refractivity contribution in [2.24, 2.45) is 0 Å². The first-order valence-corrected chi connectivity index (χ1v) is 10.6. The Bertz CT molecular complexity index is 1130. The summed E-state index contributed by atoms with van der Waals surface area (Å²) in [5, 5.41) is 2.65. The summed E-state index contributed by atoms with van der Waals surface area (Å²) < 4.78 is 38.3. The van der Waals surface area contributed by atoms with Crippen molar-refractivity contribution in [3.05, 3.63) is 78.4 Å². The molecule has 0 spiro atoms. The first-order chi connectivity index (χ1) is 14.4. The zero-order valence-electron chi connectivity index (χ0n) is 16.6. The molecule has 3 aromatic carbocycles. The molecule has 0 saturated carbocycles. The summed E-state index contributed by atoms with van der Waals surface area (Å²) in [6.07, 6.45) is 0. The highest BCUT2D eigenvalue weighted by Gasteiger charge is 2.15. The predicted octanol–water partition coefficient (Wildman–Crippen LogP) is 3.82. The van der Waals surface area contributed by atoms with E-state index < -0.39 is 15.9 Å². The maximum Gasteiger partial charge on any atom is 0.262 e. The monoisotopic (exact) mass is 426 g/mol. The van der Waals surface area contributed by atoms with Crippen LogP contribution in [0.5, 0.6) is 11.5 Å². The van der Waals surface area contributed by atoms with Crippen molar-refractivity contribution in [1.29, 1.82) is 0 Å². The minimum absolute atomic E-state index is 0.0238. The van der Waals surface area contributed by atoms with Crippen LogP contribution in [0.4, 0.5) is 11.4 Å². The molecule has 0 aromatic heterocycles. The second-order valence-corrected chi connectivity index (χ2v) is 8.20. The van der Waals surface area contributed by atoms with Crippen LogP contribution in [0.3, 0.4) is 0 Å². The summed E-state index contributed by atoms with van der Waals surface area (Å²) in [6.45, 7) is 1.74. The molecule has 0 aliphatic heterocycles. The van der Waals surface area contributed by atoms with Crippen LogP contribution in [0.1, 0.15) is 5.56 Å². The van der Waals surface area contributed by atoms with E-state index in [1.165, 1.54) is 19.2 Å². The smallest absolute Gasteiger partial charge is 0.262 e. The number of aryl methyl sites for hydroxylation is 1. The third kappa shape index (κ3) is 5.74. The molecule has 0 atom stereocenters. The number of amides is 1. The van der Waals surface area contributed by atoms with Gasteiger partial charge < -0.3 is 14.8 Å². The maximum atomic E-state index is 12.7. The molecule has 0 heterocycles. The number of methoxy groups -OCH3 is 1. The molecule has 2 N–H and O–H groups in total. The molecule has 0 unspecified atom stereocenters. The van der Waals surface area contributed by atoms with Crippen LogP contribution in [0.15, 0.2) is 77.7 Å². The lowest BCUT2D eigenvalue weighted by atomic mass is 10.2. The molecule has 0 aliphatic rings. The van der Waals surface area contributed by atoms with Gasteiger partial charge >= 0.3 is 0 Å². The fourth-order valence-corrected chi connectivity index (χ4v) is 3.77. The average molecular weight is 426 g/mol. The Labute approximate surface area is 175 Å². The lowest BCUT2D eigenvalue weighted by Crippen LogP contribution is -2.20. The van der Waals surface area contributed by atoms with Gasteiger partial charge in [-0.1, -0.05) is 18.2 Å². The van der Waals surface area contributed by atoms with Gasteiger partial charge in [0.05, 0.1) is 12.0 Å². The van der Waals surface area contributed by atoms with E-state index in [2.05, 4.69) is 10.0 Å². The van der Waals surface area contributed by atoms with E-state index >= 15 is 0 Å². The van der Waals surface area contributed by atoms with Crippen molar-refractivity contribution in [3.63, 3.8) is 0 Å². The van der Waals surface area contributed by atoms with Crippen LogP contribution in [-0.4, -0.2) is 28.0 Å². The van der Waals surface area contributed by atoms with Gasteiger partial charge in [0, 0.05) is 11.4 Å². The minimum atomic E-state index is -3.82. The van der Waals surface area contributed by atoms with Crippen molar-refractivity contribution >= 4 is 27.3 Å². The van der Waals surface area contributed by atoms with Crippen LogP contribution in [0.2, 0.25) is 0 Å². The first kappa shape index (κ1) is 21.2. The summed E-state index contributed by atoms with van der Waals surface area (Å²) >= 11 is 0.